The number of H-pyrrole nitrogens is 1. The second kappa shape index (κ2) is 6.98. The molecule has 32 heavy (non-hydrogen) atoms. The highest BCUT2D eigenvalue weighted by Crippen LogP contribution is 2.40. The van der Waals surface area contributed by atoms with Gasteiger partial charge in [-0.1, -0.05) is 0 Å². The number of aromatic amines is 1. The van der Waals surface area contributed by atoms with Crippen molar-refractivity contribution in [2.75, 3.05) is 12.8 Å². The van der Waals surface area contributed by atoms with Gasteiger partial charge in [0.05, 0.1) is 29.6 Å². The number of ketones is 1. The van der Waals surface area contributed by atoms with E-state index in [0.29, 0.717) is 44.9 Å². The number of halogens is 1. The van der Waals surface area contributed by atoms with Crippen LogP contribution in [0.25, 0.3) is 28.2 Å². The summed E-state index contributed by atoms with van der Waals surface area (Å²) in [5.41, 5.74) is 10.8. The molecular weight excluding hydrogens is 411 g/mol. The minimum Gasteiger partial charge on any atom is -0.497 e. The number of Topliss-reactive ketones (excluding diaryl/α,β-unsaturated/α-hetero) is 1. The first-order valence-electron chi connectivity index (χ1n) is 10.0. The van der Waals surface area contributed by atoms with Crippen molar-refractivity contribution < 1.29 is 18.7 Å². The average Bonchev–Trinajstić information content (AvgIpc) is 3.35. The summed E-state index contributed by atoms with van der Waals surface area (Å²) < 4.78 is 27.8. The Morgan fingerprint density at radius 2 is 2.03 bits per heavy atom. The first-order valence-corrected chi connectivity index (χ1v) is 10.0. The Labute approximate surface area is 183 Å². The number of methoxy groups -OCH3 is 1. The van der Waals surface area contributed by atoms with E-state index in [1.807, 2.05) is 20.9 Å². The SMILES string of the molecule is COc1cc(F)c2[nH]c(-c3c(C)nn(C)c3C)c(/C=C3\Oc4ccc(N)cc4C3=O)c2c1. The van der Waals surface area contributed by atoms with Crippen LogP contribution in [0.3, 0.4) is 0 Å². The molecule has 0 fully saturated rings. The maximum absolute atomic E-state index is 14.9. The van der Waals surface area contributed by atoms with Crippen LogP contribution in [0.1, 0.15) is 27.3 Å². The predicted octanol–water partition coefficient (Wildman–Crippen LogP) is 4.53. The summed E-state index contributed by atoms with van der Waals surface area (Å²) in [5, 5.41) is 5.06. The van der Waals surface area contributed by atoms with Crippen molar-refractivity contribution >= 4 is 28.4 Å². The highest BCUT2D eigenvalue weighted by atomic mass is 19.1. The number of nitrogen functional groups attached to an aromatic ring is 1. The third kappa shape index (κ3) is 2.87. The van der Waals surface area contributed by atoms with E-state index in [9.17, 15) is 9.18 Å². The number of hydrogen-bond acceptors (Lipinski definition) is 5. The second-order valence-corrected chi connectivity index (χ2v) is 7.81. The Hall–Kier alpha value is -4.07. The van der Waals surface area contributed by atoms with E-state index in [1.165, 1.54) is 13.2 Å². The van der Waals surface area contributed by atoms with Crippen LogP contribution in [-0.4, -0.2) is 27.7 Å². The van der Waals surface area contributed by atoms with Crippen LogP contribution in [0.2, 0.25) is 0 Å². The second-order valence-electron chi connectivity index (χ2n) is 7.81. The number of anilines is 1. The quantitative estimate of drug-likeness (QED) is 0.366. The molecule has 3 N–H and O–H groups in total. The summed E-state index contributed by atoms with van der Waals surface area (Å²) in [6, 6.07) is 7.98. The Morgan fingerprint density at radius 1 is 1.25 bits per heavy atom. The van der Waals surface area contributed by atoms with Crippen molar-refractivity contribution in [3.8, 4) is 22.8 Å². The number of carbonyl (C=O) groups is 1. The summed E-state index contributed by atoms with van der Waals surface area (Å²) in [5.74, 6) is 0.203. The number of carbonyl (C=O) groups excluding carboxylic acids is 1. The maximum Gasteiger partial charge on any atom is 0.232 e. The van der Waals surface area contributed by atoms with Crippen LogP contribution < -0.4 is 15.2 Å². The van der Waals surface area contributed by atoms with Gasteiger partial charge in [0.1, 0.15) is 11.5 Å². The minimum atomic E-state index is -0.459. The molecule has 0 saturated carbocycles. The summed E-state index contributed by atoms with van der Waals surface area (Å²) in [6.45, 7) is 3.82. The highest BCUT2D eigenvalue weighted by Gasteiger charge is 2.29. The molecule has 5 rings (SSSR count). The minimum absolute atomic E-state index is 0.134. The van der Waals surface area contributed by atoms with Gasteiger partial charge in [-0.05, 0) is 44.2 Å². The summed E-state index contributed by atoms with van der Waals surface area (Å²) in [4.78, 5) is 16.2. The number of nitrogens with zero attached hydrogens (tertiary/aromatic N) is 2. The molecule has 0 radical (unpaired) electrons. The molecule has 0 bridgehead atoms. The number of fused-ring (bicyclic) bond motifs is 2. The zero-order valence-electron chi connectivity index (χ0n) is 18.0. The monoisotopic (exact) mass is 432 g/mol. The van der Waals surface area contributed by atoms with Crippen LogP contribution in [0.4, 0.5) is 10.1 Å². The molecule has 1 aliphatic rings. The van der Waals surface area contributed by atoms with Crippen molar-refractivity contribution in [1.29, 1.82) is 0 Å². The molecule has 7 nitrogen and oxygen atoms in total. The fourth-order valence-electron chi connectivity index (χ4n) is 4.19. The fraction of sp³-hybridized carbons (Fsp3) is 0.167. The van der Waals surface area contributed by atoms with Crippen LogP contribution in [-0.2, 0) is 7.05 Å². The van der Waals surface area contributed by atoms with Crippen molar-refractivity contribution in [2.24, 2.45) is 7.05 Å². The number of nitrogens with one attached hydrogen (secondary N) is 1. The maximum atomic E-state index is 14.9. The standard InChI is InChI=1S/C24H21FN4O3/c1-11-21(12(2)29(3)28-11)23-16(15-8-14(31-4)9-18(25)22(15)27-23)10-20-24(30)17-7-13(26)5-6-19(17)32-20/h5-10,27H,26H2,1-4H3/b20-10-. The van der Waals surface area contributed by atoms with E-state index < -0.39 is 5.82 Å². The molecule has 8 heteroatoms. The lowest BCUT2D eigenvalue weighted by Crippen LogP contribution is -1.99. The fourth-order valence-corrected chi connectivity index (χ4v) is 4.19. The van der Waals surface area contributed by atoms with Gasteiger partial charge in [-0.3, -0.25) is 9.48 Å². The third-order valence-corrected chi connectivity index (χ3v) is 5.84. The summed E-state index contributed by atoms with van der Waals surface area (Å²) in [6.07, 6.45) is 1.64. The molecule has 1 aliphatic heterocycles. The largest absolute Gasteiger partial charge is 0.497 e. The van der Waals surface area contributed by atoms with E-state index in [-0.39, 0.29) is 11.5 Å². The van der Waals surface area contributed by atoms with Gasteiger partial charge < -0.3 is 20.2 Å². The number of benzene rings is 2. The molecule has 2 aromatic carbocycles. The molecular formula is C24H21FN4O3. The number of nitrogens with two attached hydrogens (primary N) is 1. The van der Waals surface area contributed by atoms with Crippen LogP contribution >= 0.6 is 0 Å². The molecule has 0 spiro atoms. The zero-order valence-corrected chi connectivity index (χ0v) is 18.0. The average molecular weight is 432 g/mol. The molecule has 0 atom stereocenters. The third-order valence-electron chi connectivity index (χ3n) is 5.84. The number of allylic oxidation sites excluding steroid dienone is 1. The van der Waals surface area contributed by atoms with Crippen LogP contribution in [0.15, 0.2) is 36.1 Å². The van der Waals surface area contributed by atoms with Crippen molar-refractivity contribution in [2.45, 2.75) is 13.8 Å². The van der Waals surface area contributed by atoms with Gasteiger partial charge in [-0.15, -0.1) is 0 Å². The summed E-state index contributed by atoms with van der Waals surface area (Å²) in [7, 11) is 3.33. The van der Waals surface area contributed by atoms with Gasteiger partial charge in [0.25, 0.3) is 0 Å². The molecule has 0 saturated heterocycles. The zero-order chi connectivity index (χ0) is 22.7. The number of hydrogen-bond donors (Lipinski definition) is 2. The van der Waals surface area contributed by atoms with E-state index in [2.05, 4.69) is 10.1 Å². The predicted molar refractivity (Wildman–Crippen MR) is 120 cm³/mol. The van der Waals surface area contributed by atoms with Gasteiger partial charge in [-0.2, -0.15) is 5.10 Å². The van der Waals surface area contributed by atoms with Gasteiger partial charge >= 0.3 is 0 Å². The molecule has 0 unspecified atom stereocenters. The molecule has 0 aliphatic carbocycles. The Bertz CT molecular complexity index is 1460. The van der Waals surface area contributed by atoms with E-state index in [1.54, 1.807) is 35.0 Å². The lowest BCUT2D eigenvalue weighted by Gasteiger charge is -2.04. The normalized spacial score (nSPS) is 14.3. The molecule has 162 valence electrons. The lowest BCUT2D eigenvalue weighted by atomic mass is 10.0. The topological polar surface area (TPSA) is 95.2 Å². The van der Waals surface area contributed by atoms with Crippen LogP contribution in [0.5, 0.6) is 11.5 Å². The lowest BCUT2D eigenvalue weighted by molar-refractivity contribution is 0.101. The van der Waals surface area contributed by atoms with Gasteiger partial charge in [0.15, 0.2) is 11.6 Å². The van der Waals surface area contributed by atoms with Crippen LogP contribution in [0, 0.1) is 19.7 Å². The Balaban J connectivity index is 1.79. The highest BCUT2D eigenvalue weighted by molar-refractivity contribution is 6.16. The van der Waals surface area contributed by atoms with Gasteiger partial charge in [0.2, 0.25) is 5.78 Å². The van der Waals surface area contributed by atoms with Crippen molar-refractivity contribution in [3.63, 3.8) is 0 Å². The van der Waals surface area contributed by atoms with E-state index in [0.717, 1.165) is 17.0 Å². The number of aromatic nitrogens is 3. The van der Waals surface area contributed by atoms with Gasteiger partial charge in [-0.25, -0.2) is 4.39 Å². The first-order chi connectivity index (χ1) is 15.3. The molecule has 2 aromatic heterocycles. The summed E-state index contributed by atoms with van der Waals surface area (Å²) >= 11 is 0. The number of ether oxygens (including phenoxy) is 2. The van der Waals surface area contributed by atoms with E-state index in [4.69, 9.17) is 15.2 Å². The molecule has 4 aromatic rings. The van der Waals surface area contributed by atoms with Gasteiger partial charge in [0, 0.05) is 41.0 Å². The Morgan fingerprint density at radius 3 is 2.72 bits per heavy atom. The number of aryl methyl sites for hydroxylation is 2. The number of rotatable bonds is 3. The smallest absolute Gasteiger partial charge is 0.232 e. The van der Waals surface area contributed by atoms with Crippen molar-refractivity contribution in [1.82, 2.24) is 14.8 Å². The van der Waals surface area contributed by atoms with E-state index >= 15 is 0 Å². The first kappa shape index (κ1) is 19.9. The Kier molecular flexibility index (Phi) is 4.33. The van der Waals surface area contributed by atoms with Crippen molar-refractivity contribution in [3.05, 3.63) is 64.4 Å². The molecule has 3 heterocycles. The molecule has 0 amide bonds.